The number of aromatic hydroxyl groups is 2. The van der Waals surface area contributed by atoms with E-state index in [4.69, 9.17) is 4.74 Å². The van der Waals surface area contributed by atoms with Crippen LogP contribution in [0.3, 0.4) is 0 Å². The van der Waals surface area contributed by atoms with Crippen molar-refractivity contribution < 1.29 is 39.5 Å². The molecule has 0 aliphatic heterocycles. The summed E-state index contributed by atoms with van der Waals surface area (Å²) in [6, 6.07) is 3.73. The van der Waals surface area contributed by atoms with Crippen molar-refractivity contribution in [1.29, 1.82) is 0 Å². The zero-order valence-corrected chi connectivity index (χ0v) is 27.6. The molecule has 0 bridgehead atoms. The van der Waals surface area contributed by atoms with E-state index in [1.165, 1.54) is 12.1 Å². The Labute approximate surface area is 266 Å². The molecule has 5 saturated carbocycles. The number of hydrogen-bond donors (Lipinski definition) is 4. The van der Waals surface area contributed by atoms with Gasteiger partial charge in [0.1, 0.15) is 12.0 Å². The number of carboxylic acids is 2. The molecule has 4 N–H and O–H groups in total. The van der Waals surface area contributed by atoms with Crippen LogP contribution in [0.15, 0.2) is 30.4 Å². The Balaban J connectivity index is 1.40. The first-order valence-electron chi connectivity index (χ1n) is 16.7. The Bertz CT molecular complexity index is 1460. The molecule has 1 aromatic rings. The fourth-order valence-electron chi connectivity index (χ4n) is 12.8. The van der Waals surface area contributed by atoms with Gasteiger partial charge in [0.05, 0.1) is 11.0 Å². The van der Waals surface area contributed by atoms with Crippen LogP contribution in [0.5, 0.6) is 11.5 Å². The first-order chi connectivity index (χ1) is 20.9. The number of esters is 1. The second-order valence-electron chi connectivity index (χ2n) is 16.7. The minimum absolute atomic E-state index is 0.00769. The summed E-state index contributed by atoms with van der Waals surface area (Å²) in [6.45, 7) is 17.3. The van der Waals surface area contributed by atoms with Gasteiger partial charge >= 0.3 is 17.9 Å². The van der Waals surface area contributed by atoms with Crippen molar-refractivity contribution >= 4 is 17.9 Å². The van der Waals surface area contributed by atoms with Crippen LogP contribution < -0.4 is 0 Å². The fourth-order valence-corrected chi connectivity index (χ4v) is 12.8. The lowest BCUT2D eigenvalue weighted by Gasteiger charge is -2.70. The largest absolute Gasteiger partial charge is 0.504 e. The molecule has 0 spiro atoms. The van der Waals surface area contributed by atoms with Gasteiger partial charge in [-0.15, -0.1) is 0 Å². The van der Waals surface area contributed by atoms with E-state index in [0.29, 0.717) is 12.8 Å². The van der Waals surface area contributed by atoms with Crippen LogP contribution in [0.1, 0.15) is 103 Å². The van der Waals surface area contributed by atoms with E-state index in [-0.39, 0.29) is 51.7 Å². The van der Waals surface area contributed by atoms with Crippen molar-refractivity contribution in [1.82, 2.24) is 0 Å². The van der Waals surface area contributed by atoms with Crippen LogP contribution >= 0.6 is 0 Å². The summed E-state index contributed by atoms with van der Waals surface area (Å²) in [6.07, 6.45) is 5.49. The Hall–Kier alpha value is -3.03. The normalized spacial score (nSPS) is 44.5. The lowest BCUT2D eigenvalue weighted by molar-refractivity contribution is -0.228. The van der Waals surface area contributed by atoms with E-state index in [2.05, 4.69) is 27.4 Å². The van der Waals surface area contributed by atoms with E-state index in [1.54, 1.807) is 0 Å². The van der Waals surface area contributed by atoms with Gasteiger partial charge in [-0.2, -0.15) is 0 Å². The molecule has 0 aromatic heterocycles. The first-order valence-corrected chi connectivity index (χ1v) is 16.7. The van der Waals surface area contributed by atoms with E-state index >= 15 is 0 Å². The predicted octanol–water partition coefficient (Wildman–Crippen LogP) is 7.29. The molecular weight excluding hydrogens is 572 g/mol. The SMILES string of the molecule is C=C(C)[C@@H]1CC[C@]2(C(=O)O)CC[C@]3(C)[C@H](CCC4[C@]5(C)C(CC[C@]43C)C(C)(C)[C@@H](OC(=O)c3ccc(O)c(O)c3)[C@@H]5C(=O)O)C12. The van der Waals surface area contributed by atoms with Crippen molar-refractivity contribution in [2.24, 2.45) is 62.6 Å². The molecule has 6 rings (SSSR count). The zero-order valence-electron chi connectivity index (χ0n) is 27.6. The number of phenols is 2. The van der Waals surface area contributed by atoms with Gasteiger partial charge in [-0.3, -0.25) is 9.59 Å². The van der Waals surface area contributed by atoms with E-state index in [0.717, 1.165) is 50.2 Å². The quantitative estimate of drug-likeness (QED) is 0.152. The molecule has 246 valence electrons. The van der Waals surface area contributed by atoms with Crippen molar-refractivity contribution in [3.63, 3.8) is 0 Å². The van der Waals surface area contributed by atoms with Crippen LogP contribution in [0.25, 0.3) is 0 Å². The molecule has 45 heavy (non-hydrogen) atoms. The highest BCUT2D eigenvalue weighted by Crippen LogP contribution is 2.79. The molecule has 5 fully saturated rings. The third-order valence-electron chi connectivity index (χ3n) is 15.0. The van der Waals surface area contributed by atoms with Gasteiger partial charge in [0.25, 0.3) is 0 Å². The van der Waals surface area contributed by atoms with Crippen LogP contribution in [-0.2, 0) is 14.3 Å². The lowest BCUT2D eigenvalue weighted by Crippen LogP contribution is -2.65. The molecule has 0 heterocycles. The van der Waals surface area contributed by atoms with E-state index in [9.17, 15) is 34.8 Å². The number of aliphatic carboxylic acids is 2. The zero-order chi connectivity index (χ0) is 33.1. The number of hydrogen-bond acceptors (Lipinski definition) is 6. The molecule has 5 aliphatic carbocycles. The lowest BCUT2D eigenvalue weighted by atomic mass is 9.34. The Morgan fingerprint density at radius 1 is 0.844 bits per heavy atom. The Morgan fingerprint density at radius 3 is 2.13 bits per heavy atom. The molecular formula is C37H50O8. The summed E-state index contributed by atoms with van der Waals surface area (Å²) in [7, 11) is 0. The number of ether oxygens (including phenoxy) is 1. The summed E-state index contributed by atoms with van der Waals surface area (Å²) in [5, 5.41) is 41.3. The summed E-state index contributed by atoms with van der Waals surface area (Å²) in [4.78, 5) is 39.7. The van der Waals surface area contributed by atoms with Crippen LogP contribution in [0.4, 0.5) is 0 Å². The molecule has 1 aromatic carbocycles. The number of fused-ring (bicyclic) bond motifs is 7. The van der Waals surface area contributed by atoms with Gasteiger partial charge in [0.2, 0.25) is 0 Å². The second kappa shape index (κ2) is 9.98. The molecule has 0 amide bonds. The number of carboxylic acid groups (broad SMARTS) is 2. The van der Waals surface area contributed by atoms with E-state index in [1.807, 2.05) is 20.8 Å². The summed E-state index contributed by atoms with van der Waals surface area (Å²) in [5.74, 6) is -3.64. The number of phenolic OH excluding ortho intramolecular Hbond substituents is 2. The number of carbonyl (C=O) groups excluding carboxylic acids is 1. The summed E-state index contributed by atoms with van der Waals surface area (Å²) in [5.41, 5.74) is -1.28. The number of benzene rings is 1. The van der Waals surface area contributed by atoms with E-state index < -0.39 is 51.9 Å². The van der Waals surface area contributed by atoms with Crippen LogP contribution in [0, 0.1) is 62.6 Å². The molecule has 3 unspecified atom stereocenters. The average molecular weight is 623 g/mol. The highest BCUT2D eigenvalue weighted by Gasteiger charge is 2.76. The van der Waals surface area contributed by atoms with Gasteiger partial charge in [-0.05, 0) is 122 Å². The summed E-state index contributed by atoms with van der Waals surface area (Å²) < 4.78 is 6.13. The highest BCUT2D eigenvalue weighted by molar-refractivity contribution is 5.90. The minimum Gasteiger partial charge on any atom is -0.504 e. The maximum atomic E-state index is 13.4. The molecule has 8 heteroatoms. The standard InChI is InChI=1S/C37H50O8/c1-19(2)21-12-15-37(32(43)44)17-16-34(5)22(27(21)37)9-11-26-35(34,6)14-13-25-33(3,4)29(28(30(40)41)36(25,26)7)45-31(42)20-8-10-23(38)24(39)18-20/h8,10,18,21-22,25-29,38-39H,1,9,11-17H2,2-7H3,(H,40,41)(H,43,44)/t21-,22+,25?,26?,27?,28+,29-,34+,35+,36-,37-/m0/s1. The van der Waals surface area contributed by atoms with Gasteiger partial charge in [-0.25, -0.2) is 4.79 Å². The molecule has 11 atom stereocenters. The highest BCUT2D eigenvalue weighted by atomic mass is 16.5. The number of rotatable bonds is 5. The first kappa shape index (κ1) is 31.9. The maximum absolute atomic E-state index is 13.4. The van der Waals surface area contributed by atoms with Crippen LogP contribution in [0.2, 0.25) is 0 Å². The predicted molar refractivity (Wildman–Crippen MR) is 167 cm³/mol. The Morgan fingerprint density at radius 2 is 1.53 bits per heavy atom. The summed E-state index contributed by atoms with van der Waals surface area (Å²) >= 11 is 0. The molecule has 5 aliphatic rings. The van der Waals surface area contributed by atoms with Crippen molar-refractivity contribution in [2.75, 3.05) is 0 Å². The van der Waals surface area contributed by atoms with Gasteiger partial charge < -0.3 is 25.2 Å². The van der Waals surface area contributed by atoms with Crippen molar-refractivity contribution in [2.45, 2.75) is 99.0 Å². The number of carbonyl (C=O) groups is 3. The Kier molecular flexibility index (Phi) is 7.08. The minimum atomic E-state index is -0.970. The van der Waals surface area contributed by atoms with Crippen molar-refractivity contribution in [3.8, 4) is 11.5 Å². The molecule has 0 radical (unpaired) electrons. The molecule has 8 nitrogen and oxygen atoms in total. The number of allylic oxidation sites excluding steroid dienone is 1. The smallest absolute Gasteiger partial charge is 0.338 e. The van der Waals surface area contributed by atoms with Gasteiger partial charge in [0.15, 0.2) is 11.5 Å². The molecule has 0 saturated heterocycles. The fraction of sp³-hybridized carbons (Fsp3) is 0.703. The van der Waals surface area contributed by atoms with Gasteiger partial charge in [0, 0.05) is 5.41 Å². The van der Waals surface area contributed by atoms with Gasteiger partial charge in [-0.1, -0.05) is 46.8 Å². The van der Waals surface area contributed by atoms with Crippen molar-refractivity contribution in [3.05, 3.63) is 35.9 Å². The second-order valence-corrected chi connectivity index (χ2v) is 16.7. The third kappa shape index (κ3) is 3.98. The average Bonchev–Trinajstić information content (AvgIpc) is 3.43. The third-order valence-corrected chi connectivity index (χ3v) is 15.0. The monoisotopic (exact) mass is 622 g/mol. The topological polar surface area (TPSA) is 141 Å². The maximum Gasteiger partial charge on any atom is 0.338 e. The van der Waals surface area contributed by atoms with Crippen LogP contribution in [-0.4, -0.2) is 44.4 Å².